The number of amides is 1. The lowest BCUT2D eigenvalue weighted by Crippen LogP contribution is -2.18. The van der Waals surface area contributed by atoms with E-state index in [4.69, 9.17) is 11.6 Å². The maximum absolute atomic E-state index is 13.1. The first-order valence-electron chi connectivity index (χ1n) is 9.23. The number of hydrogen-bond acceptors (Lipinski definition) is 3. The van der Waals surface area contributed by atoms with Gasteiger partial charge in [0.25, 0.3) is 5.91 Å². The van der Waals surface area contributed by atoms with Crippen molar-refractivity contribution in [2.75, 3.05) is 5.32 Å². The van der Waals surface area contributed by atoms with Gasteiger partial charge in [-0.2, -0.15) is 10.2 Å². The second-order valence-corrected chi connectivity index (χ2v) is 7.65. The maximum atomic E-state index is 13.1. The fourth-order valence-corrected chi connectivity index (χ4v) is 3.49. The second kappa shape index (κ2) is 7.39. The Bertz CT molecular complexity index is 1020. The second-order valence-electron chi connectivity index (χ2n) is 7.29. The van der Waals surface area contributed by atoms with Crippen molar-refractivity contribution in [2.45, 2.75) is 39.8 Å². The first-order chi connectivity index (χ1) is 13.4. The molecule has 1 aliphatic carbocycles. The molecule has 2 aromatic heterocycles. The van der Waals surface area contributed by atoms with E-state index >= 15 is 0 Å². The summed E-state index contributed by atoms with van der Waals surface area (Å²) in [7, 11) is 0. The smallest absolute Gasteiger partial charge is 0.261 e. The molecule has 0 atom stereocenters. The number of aromatic nitrogens is 4. The summed E-state index contributed by atoms with van der Waals surface area (Å²) in [5.74, 6) is 0.718. The molecule has 0 spiro atoms. The molecule has 0 bridgehead atoms. The highest BCUT2D eigenvalue weighted by Gasteiger charge is 2.26. The van der Waals surface area contributed by atoms with E-state index in [2.05, 4.69) is 15.5 Å². The number of benzene rings is 1. The van der Waals surface area contributed by atoms with Crippen molar-refractivity contribution in [1.82, 2.24) is 19.6 Å². The minimum Gasteiger partial charge on any atom is -0.306 e. The number of nitrogens with zero attached hydrogens (tertiary/aromatic N) is 4. The number of aryl methyl sites for hydroxylation is 2. The third kappa shape index (κ3) is 3.80. The maximum Gasteiger partial charge on any atom is 0.261 e. The van der Waals surface area contributed by atoms with Crippen LogP contribution in [0.1, 0.15) is 40.0 Å². The largest absolute Gasteiger partial charge is 0.306 e. The van der Waals surface area contributed by atoms with Gasteiger partial charge in [-0.3, -0.25) is 4.79 Å². The molecule has 3 aromatic rings. The Morgan fingerprint density at radius 3 is 2.64 bits per heavy atom. The Morgan fingerprint density at radius 1 is 1.25 bits per heavy atom. The van der Waals surface area contributed by atoms with E-state index in [0.717, 1.165) is 17.7 Å². The Hall–Kier alpha value is -2.67. The first-order valence-corrected chi connectivity index (χ1v) is 9.61. The van der Waals surface area contributed by atoms with E-state index in [1.807, 2.05) is 11.6 Å². The third-order valence-electron chi connectivity index (χ3n) is 4.92. The normalized spacial score (nSPS) is 13.7. The van der Waals surface area contributed by atoms with E-state index in [0.29, 0.717) is 29.5 Å². The van der Waals surface area contributed by atoms with Gasteiger partial charge in [0, 0.05) is 12.1 Å². The standard InChI is InChI=1S/C20H21ClFN5O/c1-12-9-23-27(11-14-3-4-14)19(12)24-20(28)17-13(2)25-26(18(17)21)10-15-5-7-16(22)8-6-15/h5-9,14H,3-4,10-11H2,1-2H3,(H,24,28). The van der Waals surface area contributed by atoms with Crippen molar-refractivity contribution < 1.29 is 9.18 Å². The summed E-state index contributed by atoms with van der Waals surface area (Å²) in [5.41, 5.74) is 2.62. The average molecular weight is 402 g/mol. The lowest BCUT2D eigenvalue weighted by atomic mass is 10.2. The number of halogens is 2. The molecule has 1 aromatic carbocycles. The van der Waals surface area contributed by atoms with Crippen LogP contribution in [-0.2, 0) is 13.1 Å². The third-order valence-corrected chi connectivity index (χ3v) is 5.30. The van der Waals surface area contributed by atoms with Crippen LogP contribution in [0.25, 0.3) is 0 Å². The fourth-order valence-electron chi connectivity index (χ4n) is 3.17. The van der Waals surface area contributed by atoms with E-state index in [-0.39, 0.29) is 16.9 Å². The predicted molar refractivity (Wildman–Crippen MR) is 105 cm³/mol. The lowest BCUT2D eigenvalue weighted by molar-refractivity contribution is 0.102. The molecule has 6 nitrogen and oxygen atoms in total. The van der Waals surface area contributed by atoms with E-state index in [1.54, 1.807) is 29.9 Å². The SMILES string of the molecule is Cc1cnn(CC2CC2)c1NC(=O)c1c(C)nn(Cc2ccc(F)cc2)c1Cl. The topological polar surface area (TPSA) is 64.7 Å². The summed E-state index contributed by atoms with van der Waals surface area (Å²) in [6, 6.07) is 6.11. The van der Waals surface area contributed by atoms with Gasteiger partial charge in [-0.1, -0.05) is 23.7 Å². The quantitative estimate of drug-likeness (QED) is 0.673. The summed E-state index contributed by atoms with van der Waals surface area (Å²) < 4.78 is 16.5. The van der Waals surface area contributed by atoms with Crippen molar-refractivity contribution in [2.24, 2.45) is 5.92 Å². The van der Waals surface area contributed by atoms with Crippen molar-refractivity contribution in [3.05, 3.63) is 63.8 Å². The van der Waals surface area contributed by atoms with Gasteiger partial charge in [0.2, 0.25) is 0 Å². The molecule has 28 heavy (non-hydrogen) atoms. The van der Waals surface area contributed by atoms with Gasteiger partial charge in [0.1, 0.15) is 16.8 Å². The summed E-state index contributed by atoms with van der Waals surface area (Å²) in [4.78, 5) is 12.9. The van der Waals surface area contributed by atoms with E-state index < -0.39 is 0 Å². The van der Waals surface area contributed by atoms with Gasteiger partial charge in [-0.25, -0.2) is 13.8 Å². The monoisotopic (exact) mass is 401 g/mol. The van der Waals surface area contributed by atoms with Crippen LogP contribution in [0.3, 0.4) is 0 Å². The van der Waals surface area contributed by atoms with Gasteiger partial charge in [-0.15, -0.1) is 0 Å². The Labute approximate surface area is 167 Å². The molecular formula is C20H21ClFN5O. The molecule has 4 rings (SSSR count). The average Bonchev–Trinajstić information content (AvgIpc) is 3.35. The fraction of sp³-hybridized carbons (Fsp3) is 0.350. The van der Waals surface area contributed by atoms with Gasteiger partial charge in [0.05, 0.1) is 24.0 Å². The van der Waals surface area contributed by atoms with Crippen molar-refractivity contribution in [1.29, 1.82) is 0 Å². The minimum atomic E-state index is -0.312. The molecule has 2 heterocycles. The van der Waals surface area contributed by atoms with Crippen molar-refractivity contribution in [3.63, 3.8) is 0 Å². The zero-order valence-corrected chi connectivity index (χ0v) is 16.5. The Morgan fingerprint density at radius 2 is 1.96 bits per heavy atom. The van der Waals surface area contributed by atoms with Crippen LogP contribution >= 0.6 is 11.6 Å². The van der Waals surface area contributed by atoms with Crippen LogP contribution in [0.2, 0.25) is 5.15 Å². The number of anilines is 1. The molecule has 0 radical (unpaired) electrons. The Balaban J connectivity index is 1.56. The number of carbonyl (C=O) groups excluding carboxylic acids is 1. The van der Waals surface area contributed by atoms with Gasteiger partial charge >= 0.3 is 0 Å². The molecule has 1 saturated carbocycles. The first kappa shape index (κ1) is 18.7. The molecule has 1 fully saturated rings. The van der Waals surface area contributed by atoms with E-state index in [1.165, 1.54) is 25.0 Å². The molecule has 8 heteroatoms. The van der Waals surface area contributed by atoms with Gasteiger partial charge < -0.3 is 5.32 Å². The predicted octanol–water partition coefficient (Wildman–Crippen LogP) is 4.20. The Kier molecular flexibility index (Phi) is 4.93. The molecule has 0 aliphatic heterocycles. The molecule has 1 amide bonds. The van der Waals surface area contributed by atoms with Crippen LogP contribution in [0.5, 0.6) is 0 Å². The van der Waals surface area contributed by atoms with Crippen LogP contribution in [-0.4, -0.2) is 25.5 Å². The zero-order valence-electron chi connectivity index (χ0n) is 15.7. The summed E-state index contributed by atoms with van der Waals surface area (Å²) >= 11 is 6.46. The van der Waals surface area contributed by atoms with Crippen molar-refractivity contribution >= 4 is 23.3 Å². The van der Waals surface area contributed by atoms with Crippen molar-refractivity contribution in [3.8, 4) is 0 Å². The van der Waals surface area contributed by atoms with Crippen LogP contribution < -0.4 is 5.32 Å². The molecule has 0 saturated heterocycles. The van der Waals surface area contributed by atoms with Crippen LogP contribution in [0.15, 0.2) is 30.5 Å². The number of rotatable bonds is 6. The molecular weight excluding hydrogens is 381 g/mol. The molecule has 146 valence electrons. The van der Waals surface area contributed by atoms with Gasteiger partial charge in [-0.05, 0) is 50.3 Å². The lowest BCUT2D eigenvalue weighted by Gasteiger charge is -2.10. The minimum absolute atomic E-state index is 0.255. The molecule has 1 N–H and O–H groups in total. The number of carbonyl (C=O) groups is 1. The zero-order chi connectivity index (χ0) is 19.8. The molecule has 1 aliphatic rings. The molecule has 0 unspecified atom stereocenters. The van der Waals surface area contributed by atoms with Crippen LogP contribution in [0.4, 0.5) is 10.2 Å². The summed E-state index contributed by atoms with van der Waals surface area (Å²) in [6.45, 7) is 4.82. The number of nitrogens with one attached hydrogen (secondary N) is 1. The highest BCUT2D eigenvalue weighted by atomic mass is 35.5. The van der Waals surface area contributed by atoms with E-state index in [9.17, 15) is 9.18 Å². The highest BCUT2D eigenvalue weighted by molar-refractivity contribution is 6.33. The highest BCUT2D eigenvalue weighted by Crippen LogP contribution is 2.32. The summed E-state index contributed by atoms with van der Waals surface area (Å²) in [6.07, 6.45) is 4.16. The van der Waals surface area contributed by atoms with Crippen LogP contribution in [0, 0.1) is 25.6 Å². The number of hydrogen-bond donors (Lipinski definition) is 1. The van der Waals surface area contributed by atoms with Gasteiger partial charge in [0.15, 0.2) is 0 Å². The summed E-state index contributed by atoms with van der Waals surface area (Å²) in [5, 5.41) is 12.0.